The van der Waals surface area contributed by atoms with Gasteiger partial charge in [0.25, 0.3) is 5.91 Å². The van der Waals surface area contributed by atoms with Crippen LogP contribution in [-0.4, -0.2) is 15.3 Å². The van der Waals surface area contributed by atoms with Gasteiger partial charge in [-0.2, -0.15) is 0 Å². The molecule has 4 nitrogen and oxygen atoms in total. The van der Waals surface area contributed by atoms with E-state index in [0.29, 0.717) is 5.56 Å². The summed E-state index contributed by atoms with van der Waals surface area (Å²) < 4.78 is 2.00. The summed E-state index contributed by atoms with van der Waals surface area (Å²) in [6.07, 6.45) is 3.99. The smallest absolute Gasteiger partial charge is 0.255 e. The van der Waals surface area contributed by atoms with Crippen molar-refractivity contribution in [3.05, 3.63) is 77.4 Å². The second-order valence-corrected chi connectivity index (χ2v) is 8.45. The van der Waals surface area contributed by atoms with Crippen LogP contribution < -0.4 is 5.32 Å². The van der Waals surface area contributed by atoms with Gasteiger partial charge in [0.15, 0.2) is 4.96 Å². The van der Waals surface area contributed by atoms with Crippen LogP contribution in [0.1, 0.15) is 36.7 Å². The summed E-state index contributed by atoms with van der Waals surface area (Å²) in [6, 6.07) is 15.6. The van der Waals surface area contributed by atoms with E-state index in [1.165, 1.54) is 5.56 Å². The maximum Gasteiger partial charge on any atom is 0.255 e. The molecule has 0 saturated carbocycles. The highest BCUT2D eigenvalue weighted by Gasteiger charge is 2.14. The summed E-state index contributed by atoms with van der Waals surface area (Å²) in [6.45, 7) is 6.48. The van der Waals surface area contributed by atoms with Gasteiger partial charge in [-0.3, -0.25) is 9.20 Å². The third kappa shape index (κ3) is 3.64. The van der Waals surface area contributed by atoms with E-state index in [2.05, 4.69) is 31.1 Å². The van der Waals surface area contributed by atoms with Crippen LogP contribution in [0.4, 0.5) is 5.69 Å². The van der Waals surface area contributed by atoms with Gasteiger partial charge in [-0.15, -0.1) is 11.3 Å². The average Bonchev–Trinajstić information content (AvgIpc) is 3.23. The van der Waals surface area contributed by atoms with Gasteiger partial charge in [-0.1, -0.05) is 45.0 Å². The molecule has 0 aliphatic carbocycles. The number of nitrogens with one attached hydrogen (secondary N) is 1. The summed E-state index contributed by atoms with van der Waals surface area (Å²) in [5.74, 6) is -0.113. The zero-order valence-electron chi connectivity index (χ0n) is 15.6. The second kappa shape index (κ2) is 6.67. The lowest BCUT2D eigenvalue weighted by molar-refractivity contribution is 0.102. The van der Waals surface area contributed by atoms with Crippen LogP contribution in [0.5, 0.6) is 0 Å². The first kappa shape index (κ1) is 17.5. The van der Waals surface area contributed by atoms with Gasteiger partial charge in [-0.05, 0) is 35.2 Å². The highest BCUT2D eigenvalue weighted by Crippen LogP contribution is 2.25. The summed E-state index contributed by atoms with van der Waals surface area (Å²) in [7, 11) is 0. The lowest BCUT2D eigenvalue weighted by Crippen LogP contribution is -2.14. The Balaban J connectivity index is 1.54. The Bertz CT molecular complexity index is 1070. The van der Waals surface area contributed by atoms with Crippen molar-refractivity contribution < 1.29 is 4.79 Å². The zero-order valence-corrected chi connectivity index (χ0v) is 16.4. The molecule has 0 bridgehead atoms. The van der Waals surface area contributed by atoms with E-state index in [9.17, 15) is 4.79 Å². The summed E-state index contributed by atoms with van der Waals surface area (Å²) in [5, 5.41) is 4.99. The van der Waals surface area contributed by atoms with E-state index in [1.807, 2.05) is 70.7 Å². The largest absolute Gasteiger partial charge is 0.322 e. The third-order valence-corrected chi connectivity index (χ3v) is 5.29. The molecule has 0 spiro atoms. The van der Waals surface area contributed by atoms with Gasteiger partial charge < -0.3 is 5.32 Å². The number of aromatic nitrogens is 2. The van der Waals surface area contributed by atoms with E-state index < -0.39 is 0 Å². The fraction of sp³-hybridized carbons (Fsp3) is 0.182. The first-order valence-corrected chi connectivity index (χ1v) is 9.73. The molecule has 0 aliphatic heterocycles. The van der Waals surface area contributed by atoms with Gasteiger partial charge in [-0.25, -0.2) is 4.98 Å². The molecule has 136 valence electrons. The van der Waals surface area contributed by atoms with Gasteiger partial charge >= 0.3 is 0 Å². The standard InChI is InChI=1S/C22H21N3OS/c1-22(2,3)17-9-7-15(8-10-17)20(26)23-18-6-4-5-16(13-18)19-14-25-11-12-27-21(25)24-19/h4-14H,1-3H3,(H,23,26). The van der Waals surface area contributed by atoms with Crippen LogP contribution in [0.25, 0.3) is 16.2 Å². The number of benzene rings is 2. The second-order valence-electron chi connectivity index (χ2n) is 7.58. The number of hydrogen-bond donors (Lipinski definition) is 1. The minimum absolute atomic E-state index is 0.0711. The quantitative estimate of drug-likeness (QED) is 0.506. The zero-order chi connectivity index (χ0) is 19.0. The highest BCUT2D eigenvalue weighted by atomic mass is 32.1. The predicted octanol–water partition coefficient (Wildman–Crippen LogP) is 5.61. The monoisotopic (exact) mass is 375 g/mol. The van der Waals surface area contributed by atoms with Crippen molar-refractivity contribution in [1.29, 1.82) is 0 Å². The van der Waals surface area contributed by atoms with Crippen molar-refractivity contribution in [3.8, 4) is 11.3 Å². The van der Waals surface area contributed by atoms with Gasteiger partial charge in [0.1, 0.15) is 0 Å². The van der Waals surface area contributed by atoms with Crippen LogP contribution in [0.15, 0.2) is 66.3 Å². The fourth-order valence-corrected chi connectivity index (χ4v) is 3.65. The van der Waals surface area contributed by atoms with E-state index in [4.69, 9.17) is 0 Å². The number of imidazole rings is 1. The molecule has 0 unspecified atom stereocenters. The number of rotatable bonds is 3. The molecule has 2 heterocycles. The Morgan fingerprint density at radius 1 is 1.11 bits per heavy atom. The number of carbonyl (C=O) groups excluding carboxylic acids is 1. The molecule has 0 aliphatic rings. The summed E-state index contributed by atoms with van der Waals surface area (Å²) in [5.41, 5.74) is 4.56. The Labute approximate surface area is 162 Å². The van der Waals surface area contributed by atoms with Gasteiger partial charge in [0.2, 0.25) is 0 Å². The Hall–Kier alpha value is -2.92. The first-order valence-electron chi connectivity index (χ1n) is 8.85. The third-order valence-electron chi connectivity index (χ3n) is 4.52. The molecule has 0 radical (unpaired) electrons. The van der Waals surface area contributed by atoms with Crippen molar-refractivity contribution in [2.45, 2.75) is 26.2 Å². The van der Waals surface area contributed by atoms with E-state index >= 15 is 0 Å². The number of hydrogen-bond acceptors (Lipinski definition) is 3. The average molecular weight is 375 g/mol. The SMILES string of the molecule is CC(C)(C)c1ccc(C(=O)Nc2cccc(-c3cn4ccsc4n3)c2)cc1. The molecule has 0 atom stereocenters. The molecular weight excluding hydrogens is 354 g/mol. The van der Waals surface area contributed by atoms with Gasteiger partial charge in [0.05, 0.1) is 5.69 Å². The molecule has 2 aromatic carbocycles. The lowest BCUT2D eigenvalue weighted by Gasteiger charge is -2.19. The summed E-state index contributed by atoms with van der Waals surface area (Å²) in [4.78, 5) is 18.2. The molecule has 0 saturated heterocycles. The van der Waals surface area contributed by atoms with Crippen molar-refractivity contribution >= 4 is 27.9 Å². The molecule has 5 heteroatoms. The number of anilines is 1. The fourth-order valence-electron chi connectivity index (χ4n) is 2.95. The molecule has 2 aromatic heterocycles. The summed E-state index contributed by atoms with van der Waals surface area (Å²) >= 11 is 1.60. The molecule has 1 amide bonds. The molecule has 27 heavy (non-hydrogen) atoms. The number of carbonyl (C=O) groups is 1. The topological polar surface area (TPSA) is 46.4 Å². The van der Waals surface area contributed by atoms with E-state index in [1.54, 1.807) is 11.3 Å². The van der Waals surface area contributed by atoms with Crippen molar-refractivity contribution in [1.82, 2.24) is 9.38 Å². The maximum absolute atomic E-state index is 12.6. The minimum Gasteiger partial charge on any atom is -0.322 e. The van der Waals surface area contributed by atoms with Crippen LogP contribution in [-0.2, 0) is 5.41 Å². The molecule has 1 N–H and O–H groups in total. The molecule has 4 rings (SSSR count). The Kier molecular flexibility index (Phi) is 4.32. The lowest BCUT2D eigenvalue weighted by atomic mass is 9.87. The molecule has 0 fully saturated rings. The minimum atomic E-state index is -0.113. The normalized spacial score (nSPS) is 11.7. The van der Waals surface area contributed by atoms with Crippen molar-refractivity contribution in [2.24, 2.45) is 0 Å². The predicted molar refractivity (Wildman–Crippen MR) is 112 cm³/mol. The Morgan fingerprint density at radius 2 is 1.89 bits per heavy atom. The van der Waals surface area contributed by atoms with Crippen LogP contribution in [0.2, 0.25) is 0 Å². The molecule has 4 aromatic rings. The highest BCUT2D eigenvalue weighted by molar-refractivity contribution is 7.15. The number of nitrogens with zero attached hydrogens (tertiary/aromatic N) is 2. The van der Waals surface area contributed by atoms with Crippen LogP contribution in [0, 0.1) is 0 Å². The van der Waals surface area contributed by atoms with Crippen molar-refractivity contribution in [2.75, 3.05) is 5.32 Å². The number of fused-ring (bicyclic) bond motifs is 1. The number of amides is 1. The van der Waals surface area contributed by atoms with E-state index in [0.717, 1.165) is 21.9 Å². The first-order chi connectivity index (χ1) is 12.9. The van der Waals surface area contributed by atoms with Crippen LogP contribution in [0.3, 0.4) is 0 Å². The molecular formula is C22H21N3OS. The maximum atomic E-state index is 12.6. The Morgan fingerprint density at radius 3 is 2.59 bits per heavy atom. The van der Waals surface area contributed by atoms with Gasteiger partial charge in [0, 0.05) is 34.6 Å². The van der Waals surface area contributed by atoms with Crippen molar-refractivity contribution in [3.63, 3.8) is 0 Å². The van der Waals surface area contributed by atoms with Crippen LogP contribution >= 0.6 is 11.3 Å². The van der Waals surface area contributed by atoms with E-state index in [-0.39, 0.29) is 11.3 Å². The number of thiazole rings is 1.